The highest BCUT2D eigenvalue weighted by molar-refractivity contribution is 5.86. The van der Waals surface area contributed by atoms with Crippen molar-refractivity contribution in [2.75, 3.05) is 0 Å². The Bertz CT molecular complexity index is 280. The normalized spacial score (nSPS) is 34.7. The Morgan fingerprint density at radius 3 is 2.67 bits per heavy atom. The van der Waals surface area contributed by atoms with Crippen LogP contribution < -0.4 is 0 Å². The number of allylic oxidation sites excluding steroid dienone is 1. The first kappa shape index (κ1) is 10.7. The maximum atomic E-state index is 10.8. The summed E-state index contributed by atoms with van der Waals surface area (Å²) < 4.78 is 0. The van der Waals surface area contributed by atoms with Gasteiger partial charge in [0, 0.05) is 5.57 Å². The minimum atomic E-state index is -0.736. The van der Waals surface area contributed by atoms with E-state index in [-0.39, 0.29) is 0 Å². The molecule has 2 aliphatic rings. The molecule has 2 saturated carbocycles. The van der Waals surface area contributed by atoms with Gasteiger partial charge in [0.05, 0.1) is 0 Å². The average molecular weight is 208 g/mol. The van der Waals surface area contributed by atoms with E-state index in [0.717, 1.165) is 30.6 Å². The third kappa shape index (κ3) is 2.24. The van der Waals surface area contributed by atoms with Crippen LogP contribution in [0.3, 0.4) is 0 Å². The summed E-state index contributed by atoms with van der Waals surface area (Å²) in [5.74, 6) is 1.97. The summed E-state index contributed by atoms with van der Waals surface area (Å²) in [5, 5.41) is 8.91. The molecule has 0 aliphatic heterocycles. The molecule has 3 atom stereocenters. The number of carbonyl (C=O) groups is 1. The second-order valence-corrected chi connectivity index (χ2v) is 5.09. The standard InChI is InChI=1S/C13H20O2/c1-2-10(13(14)15)5-6-12-8-9-3-4-11(12)7-9/h2,9,11-12H,3-8H2,1H3,(H,14,15). The van der Waals surface area contributed by atoms with Crippen molar-refractivity contribution in [1.29, 1.82) is 0 Å². The number of carboxylic acid groups (broad SMARTS) is 1. The molecule has 2 bridgehead atoms. The Kier molecular flexibility index (Phi) is 3.13. The zero-order chi connectivity index (χ0) is 10.8. The van der Waals surface area contributed by atoms with Crippen LogP contribution in [0.25, 0.3) is 0 Å². The lowest BCUT2D eigenvalue weighted by Crippen LogP contribution is -2.11. The Morgan fingerprint density at radius 2 is 2.20 bits per heavy atom. The van der Waals surface area contributed by atoms with Gasteiger partial charge in [-0.05, 0) is 56.8 Å². The van der Waals surface area contributed by atoms with Crippen molar-refractivity contribution < 1.29 is 9.90 Å². The van der Waals surface area contributed by atoms with Gasteiger partial charge in [0.15, 0.2) is 0 Å². The minimum absolute atomic E-state index is 0.595. The van der Waals surface area contributed by atoms with Gasteiger partial charge in [-0.2, -0.15) is 0 Å². The first-order valence-electron chi connectivity index (χ1n) is 6.09. The summed E-state index contributed by atoms with van der Waals surface area (Å²) in [6, 6.07) is 0. The molecule has 0 aromatic carbocycles. The fourth-order valence-electron chi connectivity index (χ4n) is 3.45. The smallest absolute Gasteiger partial charge is 0.331 e. The molecule has 2 nitrogen and oxygen atoms in total. The van der Waals surface area contributed by atoms with Crippen LogP contribution in [-0.4, -0.2) is 11.1 Å². The highest BCUT2D eigenvalue weighted by Gasteiger charge is 2.38. The number of hydrogen-bond acceptors (Lipinski definition) is 1. The van der Waals surface area contributed by atoms with E-state index in [0.29, 0.717) is 5.57 Å². The van der Waals surface area contributed by atoms with Gasteiger partial charge in [0.25, 0.3) is 0 Å². The van der Waals surface area contributed by atoms with E-state index in [1.165, 1.54) is 25.7 Å². The molecule has 0 aromatic rings. The van der Waals surface area contributed by atoms with Gasteiger partial charge in [-0.1, -0.05) is 12.5 Å². The number of hydrogen-bond donors (Lipinski definition) is 1. The van der Waals surface area contributed by atoms with Crippen molar-refractivity contribution in [3.05, 3.63) is 11.6 Å². The van der Waals surface area contributed by atoms with Crippen molar-refractivity contribution in [1.82, 2.24) is 0 Å². The molecule has 2 aliphatic carbocycles. The van der Waals surface area contributed by atoms with Crippen molar-refractivity contribution in [3.8, 4) is 0 Å². The molecule has 0 spiro atoms. The summed E-state index contributed by atoms with van der Waals surface area (Å²) >= 11 is 0. The number of carboxylic acids is 1. The molecule has 2 heteroatoms. The molecule has 1 N–H and O–H groups in total. The van der Waals surface area contributed by atoms with Crippen LogP contribution in [-0.2, 0) is 4.79 Å². The molecular weight excluding hydrogens is 188 g/mol. The van der Waals surface area contributed by atoms with E-state index >= 15 is 0 Å². The van der Waals surface area contributed by atoms with Crippen LogP contribution in [0.4, 0.5) is 0 Å². The lowest BCUT2D eigenvalue weighted by molar-refractivity contribution is -0.132. The summed E-state index contributed by atoms with van der Waals surface area (Å²) in [6.45, 7) is 1.82. The number of aliphatic carboxylic acids is 1. The number of fused-ring (bicyclic) bond motifs is 2. The fraction of sp³-hybridized carbons (Fsp3) is 0.769. The van der Waals surface area contributed by atoms with E-state index in [9.17, 15) is 4.79 Å². The van der Waals surface area contributed by atoms with Gasteiger partial charge < -0.3 is 5.11 Å². The minimum Gasteiger partial charge on any atom is -0.478 e. The molecule has 15 heavy (non-hydrogen) atoms. The van der Waals surface area contributed by atoms with Gasteiger partial charge in [-0.15, -0.1) is 0 Å². The topological polar surface area (TPSA) is 37.3 Å². The Hall–Kier alpha value is -0.790. The molecule has 2 rings (SSSR count). The summed E-state index contributed by atoms with van der Waals surface area (Å²) in [4.78, 5) is 10.8. The lowest BCUT2D eigenvalue weighted by atomic mass is 9.84. The number of rotatable bonds is 4. The third-order valence-corrected chi connectivity index (χ3v) is 4.29. The van der Waals surface area contributed by atoms with E-state index in [4.69, 9.17) is 5.11 Å². The maximum Gasteiger partial charge on any atom is 0.331 e. The second-order valence-electron chi connectivity index (χ2n) is 5.09. The summed E-state index contributed by atoms with van der Waals surface area (Å²) in [7, 11) is 0. The molecule has 0 amide bonds. The third-order valence-electron chi connectivity index (χ3n) is 4.29. The SMILES string of the molecule is CC=C(CCC1CC2CCC1C2)C(=O)O. The van der Waals surface area contributed by atoms with Crippen LogP contribution >= 0.6 is 0 Å². The monoisotopic (exact) mass is 208 g/mol. The first-order chi connectivity index (χ1) is 7.20. The molecular formula is C13H20O2. The second kappa shape index (κ2) is 4.38. The van der Waals surface area contributed by atoms with Crippen LogP contribution in [0.1, 0.15) is 45.4 Å². The van der Waals surface area contributed by atoms with Crippen molar-refractivity contribution in [3.63, 3.8) is 0 Å². The van der Waals surface area contributed by atoms with Crippen molar-refractivity contribution in [2.45, 2.75) is 45.4 Å². The summed E-state index contributed by atoms with van der Waals surface area (Å²) in [6.07, 6.45) is 9.21. The van der Waals surface area contributed by atoms with Gasteiger partial charge in [0.2, 0.25) is 0 Å². The molecule has 84 valence electrons. The van der Waals surface area contributed by atoms with E-state index in [2.05, 4.69) is 0 Å². The maximum absolute atomic E-state index is 10.8. The zero-order valence-corrected chi connectivity index (χ0v) is 9.41. The van der Waals surface area contributed by atoms with Crippen LogP contribution in [0.2, 0.25) is 0 Å². The van der Waals surface area contributed by atoms with Crippen LogP contribution in [0.5, 0.6) is 0 Å². The molecule has 0 heterocycles. The Labute approximate surface area is 91.4 Å². The van der Waals surface area contributed by atoms with Gasteiger partial charge in [-0.3, -0.25) is 0 Å². The Morgan fingerprint density at radius 1 is 1.40 bits per heavy atom. The van der Waals surface area contributed by atoms with Gasteiger partial charge in [0.1, 0.15) is 0 Å². The van der Waals surface area contributed by atoms with E-state index in [1.54, 1.807) is 6.08 Å². The predicted octanol–water partition coefficient (Wildman–Crippen LogP) is 3.23. The van der Waals surface area contributed by atoms with Gasteiger partial charge in [-0.25, -0.2) is 4.79 Å². The Balaban J connectivity index is 1.81. The predicted molar refractivity (Wildman–Crippen MR) is 59.6 cm³/mol. The van der Waals surface area contributed by atoms with E-state index < -0.39 is 5.97 Å². The van der Waals surface area contributed by atoms with Crippen molar-refractivity contribution >= 4 is 5.97 Å². The molecule has 3 unspecified atom stereocenters. The highest BCUT2D eigenvalue weighted by Crippen LogP contribution is 2.50. The van der Waals surface area contributed by atoms with Crippen molar-refractivity contribution in [2.24, 2.45) is 17.8 Å². The highest BCUT2D eigenvalue weighted by atomic mass is 16.4. The molecule has 0 radical (unpaired) electrons. The van der Waals surface area contributed by atoms with Crippen LogP contribution in [0, 0.1) is 17.8 Å². The largest absolute Gasteiger partial charge is 0.478 e. The molecule has 2 fully saturated rings. The average Bonchev–Trinajstić information content (AvgIpc) is 2.79. The van der Waals surface area contributed by atoms with Gasteiger partial charge >= 0.3 is 5.97 Å². The lowest BCUT2D eigenvalue weighted by Gasteiger charge is -2.21. The molecule has 0 aromatic heterocycles. The molecule has 0 saturated heterocycles. The quantitative estimate of drug-likeness (QED) is 0.720. The van der Waals surface area contributed by atoms with E-state index in [1.807, 2.05) is 6.92 Å². The summed E-state index contributed by atoms with van der Waals surface area (Å²) in [5.41, 5.74) is 0.595. The fourth-order valence-corrected chi connectivity index (χ4v) is 3.45. The first-order valence-corrected chi connectivity index (χ1v) is 6.09. The van der Waals surface area contributed by atoms with Crippen LogP contribution in [0.15, 0.2) is 11.6 Å². The zero-order valence-electron chi connectivity index (χ0n) is 9.41.